The van der Waals surface area contributed by atoms with Crippen LogP contribution in [-0.2, 0) is 0 Å². The lowest BCUT2D eigenvalue weighted by molar-refractivity contribution is 0.656. The van der Waals surface area contributed by atoms with Crippen LogP contribution in [0.5, 0.6) is 0 Å². The van der Waals surface area contributed by atoms with Crippen LogP contribution in [0.2, 0.25) is 0 Å². The van der Waals surface area contributed by atoms with Crippen molar-refractivity contribution in [3.05, 3.63) is 22.4 Å². The van der Waals surface area contributed by atoms with Crippen LogP contribution in [0.3, 0.4) is 0 Å². The summed E-state index contributed by atoms with van der Waals surface area (Å²) in [7, 11) is 0. The van der Waals surface area contributed by atoms with Crippen LogP contribution >= 0.6 is 11.3 Å². The van der Waals surface area contributed by atoms with E-state index in [9.17, 15) is 0 Å². The number of nitrogens with two attached hydrogens (primary N) is 1. The zero-order chi connectivity index (χ0) is 12.0. The van der Waals surface area contributed by atoms with Gasteiger partial charge in [0.25, 0.3) is 0 Å². The van der Waals surface area contributed by atoms with Crippen molar-refractivity contribution >= 4 is 17.3 Å². The molecule has 3 nitrogen and oxygen atoms in total. The summed E-state index contributed by atoms with van der Waals surface area (Å²) in [6.45, 7) is 8.07. The molecule has 0 saturated heterocycles. The van der Waals surface area contributed by atoms with Gasteiger partial charge in [0, 0.05) is 13.1 Å². The van der Waals surface area contributed by atoms with Crippen molar-refractivity contribution in [3.63, 3.8) is 0 Å². The van der Waals surface area contributed by atoms with Crippen LogP contribution in [0.4, 0.5) is 0 Å². The Hall–Kier alpha value is -1.03. The second kappa shape index (κ2) is 6.53. The Morgan fingerprint density at radius 1 is 1.50 bits per heavy atom. The fourth-order valence-corrected chi connectivity index (χ4v) is 2.05. The van der Waals surface area contributed by atoms with E-state index in [1.165, 1.54) is 5.56 Å². The van der Waals surface area contributed by atoms with Gasteiger partial charge < -0.3 is 11.1 Å². The maximum atomic E-state index is 5.77. The number of aliphatic imine (C=N–C) groups is 1. The Balaban J connectivity index is 2.31. The van der Waals surface area contributed by atoms with Gasteiger partial charge in [-0.3, -0.25) is 4.99 Å². The van der Waals surface area contributed by atoms with E-state index in [1.54, 1.807) is 11.3 Å². The largest absolute Gasteiger partial charge is 0.370 e. The lowest BCUT2D eigenvalue weighted by Gasteiger charge is -2.12. The highest BCUT2D eigenvalue weighted by molar-refractivity contribution is 7.07. The van der Waals surface area contributed by atoms with E-state index in [0.29, 0.717) is 17.8 Å². The van der Waals surface area contributed by atoms with E-state index in [2.05, 4.69) is 47.9 Å². The van der Waals surface area contributed by atoms with E-state index in [4.69, 9.17) is 5.73 Å². The lowest BCUT2D eigenvalue weighted by Crippen LogP contribution is -2.34. The lowest BCUT2D eigenvalue weighted by atomic mass is 10.1. The smallest absolute Gasteiger partial charge is 0.188 e. The van der Waals surface area contributed by atoms with E-state index >= 15 is 0 Å². The Labute approximate surface area is 102 Å². The molecule has 0 radical (unpaired) electrons. The van der Waals surface area contributed by atoms with Gasteiger partial charge in [0.1, 0.15) is 0 Å². The van der Waals surface area contributed by atoms with Crippen LogP contribution in [0.1, 0.15) is 32.3 Å². The first kappa shape index (κ1) is 13.0. The molecule has 0 aromatic carbocycles. The molecule has 0 spiro atoms. The first-order valence-corrected chi connectivity index (χ1v) is 6.59. The number of nitrogens with one attached hydrogen (secondary N) is 1. The topological polar surface area (TPSA) is 50.4 Å². The minimum Gasteiger partial charge on any atom is -0.370 e. The Morgan fingerprint density at radius 2 is 2.25 bits per heavy atom. The van der Waals surface area contributed by atoms with Gasteiger partial charge in [-0.15, -0.1) is 0 Å². The number of thiophene rings is 1. The molecule has 0 aliphatic heterocycles. The number of hydrogen-bond acceptors (Lipinski definition) is 2. The molecule has 0 aliphatic rings. The summed E-state index contributed by atoms with van der Waals surface area (Å²) < 4.78 is 0. The van der Waals surface area contributed by atoms with Gasteiger partial charge in [0.15, 0.2) is 5.96 Å². The van der Waals surface area contributed by atoms with Crippen molar-refractivity contribution in [2.24, 2.45) is 16.6 Å². The van der Waals surface area contributed by atoms with E-state index < -0.39 is 0 Å². The molecule has 1 heterocycles. The Bertz CT molecular complexity index is 317. The molecule has 1 rings (SSSR count). The highest BCUT2D eigenvalue weighted by Gasteiger charge is 2.05. The number of hydrogen-bond donors (Lipinski definition) is 2. The van der Waals surface area contributed by atoms with Crippen LogP contribution in [0.15, 0.2) is 21.8 Å². The summed E-state index contributed by atoms with van der Waals surface area (Å²) >= 11 is 1.73. The summed E-state index contributed by atoms with van der Waals surface area (Å²) in [4.78, 5) is 4.26. The van der Waals surface area contributed by atoms with Crippen molar-refractivity contribution < 1.29 is 0 Å². The molecule has 16 heavy (non-hydrogen) atoms. The average Bonchev–Trinajstić information content (AvgIpc) is 2.76. The minimum atomic E-state index is 0.471. The highest BCUT2D eigenvalue weighted by atomic mass is 32.1. The zero-order valence-electron chi connectivity index (χ0n) is 10.2. The maximum Gasteiger partial charge on any atom is 0.188 e. The molecule has 0 bridgehead atoms. The molecule has 0 amide bonds. The molecule has 1 unspecified atom stereocenters. The summed E-state index contributed by atoms with van der Waals surface area (Å²) in [5.74, 6) is 1.57. The third kappa shape index (κ3) is 4.66. The monoisotopic (exact) mass is 239 g/mol. The fraction of sp³-hybridized carbons (Fsp3) is 0.583. The van der Waals surface area contributed by atoms with Gasteiger partial charge in [-0.25, -0.2) is 0 Å². The standard InChI is InChI=1S/C12H21N3S/c1-9(2)6-14-12(13)15-7-10(3)11-4-5-16-8-11/h4-5,8-10H,6-7H2,1-3H3,(H3,13,14,15). The summed E-state index contributed by atoms with van der Waals surface area (Å²) in [5, 5.41) is 7.43. The molecule has 3 N–H and O–H groups in total. The van der Waals surface area contributed by atoms with Gasteiger partial charge in [-0.1, -0.05) is 20.8 Å². The molecule has 1 aromatic rings. The summed E-state index contributed by atoms with van der Waals surface area (Å²) in [5.41, 5.74) is 7.12. The molecule has 1 atom stereocenters. The SMILES string of the molecule is CC(C)CN=C(N)NCC(C)c1ccsc1. The van der Waals surface area contributed by atoms with Crippen molar-refractivity contribution in [2.45, 2.75) is 26.7 Å². The second-order valence-electron chi connectivity index (χ2n) is 4.46. The molecule has 1 aromatic heterocycles. The van der Waals surface area contributed by atoms with Crippen LogP contribution < -0.4 is 11.1 Å². The Kier molecular flexibility index (Phi) is 5.32. The van der Waals surface area contributed by atoms with Gasteiger partial charge in [0.05, 0.1) is 0 Å². The van der Waals surface area contributed by atoms with Crippen LogP contribution in [0.25, 0.3) is 0 Å². The zero-order valence-corrected chi connectivity index (χ0v) is 11.1. The molecular weight excluding hydrogens is 218 g/mol. The predicted molar refractivity (Wildman–Crippen MR) is 72.1 cm³/mol. The third-order valence-electron chi connectivity index (χ3n) is 2.33. The number of rotatable bonds is 5. The van der Waals surface area contributed by atoms with E-state index in [-0.39, 0.29) is 0 Å². The molecule has 4 heteroatoms. The second-order valence-corrected chi connectivity index (χ2v) is 5.24. The normalized spacial score (nSPS) is 14.1. The molecule has 0 aliphatic carbocycles. The summed E-state index contributed by atoms with van der Waals surface area (Å²) in [6, 6.07) is 2.15. The van der Waals surface area contributed by atoms with Crippen LogP contribution in [0, 0.1) is 5.92 Å². The summed E-state index contributed by atoms with van der Waals surface area (Å²) in [6.07, 6.45) is 0. The first-order valence-electron chi connectivity index (χ1n) is 5.65. The molecule has 90 valence electrons. The van der Waals surface area contributed by atoms with Gasteiger partial charge in [-0.2, -0.15) is 11.3 Å². The van der Waals surface area contributed by atoms with E-state index in [0.717, 1.165) is 13.1 Å². The fourth-order valence-electron chi connectivity index (χ4n) is 1.27. The van der Waals surface area contributed by atoms with Crippen molar-refractivity contribution in [2.75, 3.05) is 13.1 Å². The highest BCUT2D eigenvalue weighted by Crippen LogP contribution is 2.16. The molecule has 0 saturated carbocycles. The van der Waals surface area contributed by atoms with E-state index in [1.807, 2.05) is 0 Å². The first-order chi connectivity index (χ1) is 7.59. The van der Waals surface area contributed by atoms with Crippen molar-refractivity contribution in [1.29, 1.82) is 0 Å². The van der Waals surface area contributed by atoms with Gasteiger partial charge in [0.2, 0.25) is 0 Å². The predicted octanol–water partition coefficient (Wildman–Crippen LogP) is 2.41. The minimum absolute atomic E-state index is 0.471. The number of nitrogens with zero attached hydrogens (tertiary/aromatic N) is 1. The molecule has 0 fully saturated rings. The number of guanidine groups is 1. The Morgan fingerprint density at radius 3 is 2.81 bits per heavy atom. The van der Waals surface area contributed by atoms with Crippen molar-refractivity contribution in [1.82, 2.24) is 5.32 Å². The maximum absolute atomic E-state index is 5.77. The average molecular weight is 239 g/mol. The molecular formula is C12H21N3S. The van der Waals surface area contributed by atoms with Crippen LogP contribution in [-0.4, -0.2) is 19.0 Å². The third-order valence-corrected chi connectivity index (χ3v) is 3.03. The van der Waals surface area contributed by atoms with Gasteiger partial charge >= 0.3 is 0 Å². The van der Waals surface area contributed by atoms with Gasteiger partial charge in [-0.05, 0) is 34.2 Å². The quantitative estimate of drug-likeness (QED) is 0.612. The van der Waals surface area contributed by atoms with Crippen molar-refractivity contribution in [3.8, 4) is 0 Å².